The molecule has 0 unspecified atom stereocenters. The Balaban J connectivity index is 2.36. The van der Waals surface area contributed by atoms with Gasteiger partial charge < -0.3 is 15.0 Å². The van der Waals surface area contributed by atoms with Gasteiger partial charge in [-0.3, -0.25) is 0 Å². The summed E-state index contributed by atoms with van der Waals surface area (Å²) in [6, 6.07) is 2.63. The molecule has 1 aromatic rings. The molecule has 6 heteroatoms. The molecule has 0 saturated carbocycles. The molecule has 0 aliphatic carbocycles. The van der Waals surface area contributed by atoms with Crippen LogP contribution in [0.15, 0.2) is 17.6 Å². The van der Waals surface area contributed by atoms with E-state index in [2.05, 4.69) is 0 Å². The zero-order valence-corrected chi connectivity index (χ0v) is 13.7. The van der Waals surface area contributed by atoms with Crippen molar-refractivity contribution in [3.8, 4) is 0 Å². The highest BCUT2D eigenvalue weighted by atomic mass is 19.2. The third-order valence-corrected chi connectivity index (χ3v) is 4.51. The lowest BCUT2D eigenvalue weighted by Gasteiger charge is -2.32. The summed E-state index contributed by atoms with van der Waals surface area (Å²) in [5, 5.41) is 0. The second kappa shape index (κ2) is 5.76. The predicted octanol–water partition coefficient (Wildman–Crippen LogP) is 3.25. The molecule has 0 spiro atoms. The van der Waals surface area contributed by atoms with E-state index in [9.17, 15) is 8.78 Å². The van der Waals surface area contributed by atoms with E-state index in [1.165, 1.54) is 13.0 Å². The minimum atomic E-state index is -0.861. The fourth-order valence-corrected chi connectivity index (χ4v) is 2.24. The topological polar surface area (TPSA) is 44.5 Å². The van der Waals surface area contributed by atoms with Gasteiger partial charge in [0.15, 0.2) is 11.6 Å². The maximum atomic E-state index is 13.7. The fraction of sp³-hybridized carbons (Fsp3) is 0.500. The van der Waals surface area contributed by atoms with Crippen LogP contribution in [0.3, 0.4) is 0 Å². The van der Waals surface area contributed by atoms with E-state index in [4.69, 9.17) is 15.0 Å². The van der Waals surface area contributed by atoms with Gasteiger partial charge in [0.2, 0.25) is 0 Å². The first kappa shape index (κ1) is 17.1. The Morgan fingerprint density at radius 2 is 1.73 bits per heavy atom. The average Bonchev–Trinajstić information content (AvgIpc) is 2.64. The summed E-state index contributed by atoms with van der Waals surface area (Å²) in [6.07, 6.45) is 1.71. The third-order valence-electron chi connectivity index (χ3n) is 4.51. The molecule has 0 atom stereocenters. The van der Waals surface area contributed by atoms with Crippen molar-refractivity contribution in [1.82, 2.24) is 0 Å². The second-order valence-electron chi connectivity index (χ2n) is 6.59. The van der Waals surface area contributed by atoms with Crippen LogP contribution in [-0.4, -0.2) is 24.9 Å². The largest absolute Gasteiger partial charge is 0.491 e. The smallest absolute Gasteiger partial charge is 0.400 e. The van der Waals surface area contributed by atoms with Gasteiger partial charge >= 0.3 is 7.12 Å². The van der Waals surface area contributed by atoms with E-state index in [-0.39, 0.29) is 12.1 Å². The maximum Gasteiger partial charge on any atom is 0.491 e. The minimum Gasteiger partial charge on any atom is -0.400 e. The highest BCUT2D eigenvalue weighted by Gasteiger charge is 2.52. The second-order valence-corrected chi connectivity index (χ2v) is 6.59. The monoisotopic (exact) mass is 309 g/mol. The molecule has 1 aliphatic rings. The van der Waals surface area contributed by atoms with Crippen LogP contribution in [0, 0.1) is 18.6 Å². The van der Waals surface area contributed by atoms with Gasteiger partial charge in [-0.1, -0.05) is 12.1 Å². The van der Waals surface area contributed by atoms with E-state index >= 15 is 0 Å². The van der Waals surface area contributed by atoms with Gasteiger partial charge in [0.05, 0.1) is 11.2 Å². The Morgan fingerprint density at radius 1 is 1.18 bits per heavy atom. The standard InChI is InChI=1S/C16H22BF2NO2/c1-10-11(6-7-13(18)14(10)19)8-12(9-20)17-21-15(2,3)16(4,5)22-17/h6-8H,9,20H2,1-5H3. The molecular weight excluding hydrogens is 287 g/mol. The highest BCUT2D eigenvalue weighted by Crippen LogP contribution is 2.38. The molecule has 22 heavy (non-hydrogen) atoms. The first-order chi connectivity index (χ1) is 10.1. The molecule has 1 fully saturated rings. The Bertz CT molecular complexity index is 598. The first-order valence-electron chi connectivity index (χ1n) is 7.30. The highest BCUT2D eigenvalue weighted by molar-refractivity contribution is 6.55. The van der Waals surface area contributed by atoms with Crippen molar-refractivity contribution >= 4 is 13.2 Å². The number of nitrogens with two attached hydrogens (primary N) is 1. The molecule has 1 saturated heterocycles. The quantitative estimate of drug-likeness (QED) is 0.872. The van der Waals surface area contributed by atoms with Crippen LogP contribution < -0.4 is 5.73 Å². The zero-order chi connectivity index (χ0) is 16.7. The Hall–Kier alpha value is -1.24. The summed E-state index contributed by atoms with van der Waals surface area (Å²) in [5.74, 6) is -1.71. The minimum absolute atomic E-state index is 0.204. The van der Waals surface area contributed by atoms with Gasteiger partial charge in [0.25, 0.3) is 0 Å². The van der Waals surface area contributed by atoms with Crippen LogP contribution in [-0.2, 0) is 9.31 Å². The molecule has 1 aliphatic heterocycles. The number of rotatable bonds is 3. The average molecular weight is 309 g/mol. The molecule has 2 N–H and O–H groups in total. The van der Waals surface area contributed by atoms with Crippen LogP contribution in [0.25, 0.3) is 6.08 Å². The third kappa shape index (κ3) is 2.96. The molecule has 1 aromatic carbocycles. The lowest BCUT2D eigenvalue weighted by molar-refractivity contribution is 0.00578. The van der Waals surface area contributed by atoms with Crippen molar-refractivity contribution in [2.75, 3.05) is 6.54 Å². The zero-order valence-electron chi connectivity index (χ0n) is 13.7. The number of hydrogen-bond donors (Lipinski definition) is 1. The predicted molar refractivity (Wildman–Crippen MR) is 84.2 cm³/mol. The lowest BCUT2D eigenvalue weighted by Crippen LogP contribution is -2.41. The van der Waals surface area contributed by atoms with Crippen LogP contribution in [0.5, 0.6) is 0 Å². The van der Waals surface area contributed by atoms with Crippen molar-refractivity contribution in [3.05, 3.63) is 40.4 Å². The van der Waals surface area contributed by atoms with Crippen molar-refractivity contribution < 1.29 is 18.1 Å². The summed E-state index contributed by atoms with van der Waals surface area (Å²) in [4.78, 5) is 0. The van der Waals surface area contributed by atoms with Crippen LogP contribution in [0.1, 0.15) is 38.8 Å². The fourth-order valence-electron chi connectivity index (χ4n) is 2.24. The van der Waals surface area contributed by atoms with Gasteiger partial charge in [0.1, 0.15) is 0 Å². The Kier molecular flexibility index (Phi) is 4.48. The van der Waals surface area contributed by atoms with Crippen LogP contribution >= 0.6 is 0 Å². The molecule has 2 rings (SSSR count). The number of halogens is 2. The van der Waals surface area contributed by atoms with E-state index in [1.54, 1.807) is 6.08 Å². The summed E-state index contributed by atoms with van der Waals surface area (Å²) < 4.78 is 38.8. The van der Waals surface area contributed by atoms with E-state index in [0.717, 1.165) is 6.07 Å². The first-order valence-corrected chi connectivity index (χ1v) is 7.30. The van der Waals surface area contributed by atoms with Crippen molar-refractivity contribution in [1.29, 1.82) is 0 Å². The Labute approximate surface area is 130 Å². The molecule has 1 heterocycles. The van der Waals surface area contributed by atoms with Gasteiger partial charge in [-0.05, 0) is 57.3 Å². The maximum absolute atomic E-state index is 13.7. The summed E-state index contributed by atoms with van der Waals surface area (Å²) in [5.41, 5.74) is 6.34. The molecule has 0 aromatic heterocycles. The normalized spacial score (nSPS) is 20.5. The van der Waals surface area contributed by atoms with E-state index in [0.29, 0.717) is 11.0 Å². The lowest BCUT2D eigenvalue weighted by atomic mass is 9.77. The number of benzene rings is 1. The molecule has 0 amide bonds. The Morgan fingerprint density at radius 3 is 2.23 bits per heavy atom. The summed E-state index contributed by atoms with van der Waals surface area (Å²) in [7, 11) is -0.595. The van der Waals surface area contributed by atoms with Crippen molar-refractivity contribution in [2.45, 2.75) is 45.8 Å². The molecular formula is C16H22BF2NO2. The van der Waals surface area contributed by atoms with Crippen molar-refractivity contribution in [3.63, 3.8) is 0 Å². The van der Waals surface area contributed by atoms with Gasteiger partial charge in [0, 0.05) is 6.54 Å². The van der Waals surface area contributed by atoms with E-state index in [1.807, 2.05) is 27.7 Å². The van der Waals surface area contributed by atoms with E-state index < -0.39 is 30.0 Å². The molecule has 3 nitrogen and oxygen atoms in total. The SMILES string of the molecule is Cc1c(C=C(CN)B2OC(C)(C)C(C)(C)O2)ccc(F)c1F. The van der Waals surface area contributed by atoms with Gasteiger partial charge in [-0.15, -0.1) is 0 Å². The van der Waals surface area contributed by atoms with Gasteiger partial charge in [-0.25, -0.2) is 8.78 Å². The van der Waals surface area contributed by atoms with Gasteiger partial charge in [-0.2, -0.15) is 0 Å². The van der Waals surface area contributed by atoms with Crippen LogP contribution in [0.2, 0.25) is 0 Å². The summed E-state index contributed by atoms with van der Waals surface area (Å²) >= 11 is 0. The number of hydrogen-bond acceptors (Lipinski definition) is 3. The molecule has 120 valence electrons. The molecule has 0 radical (unpaired) electrons. The van der Waals surface area contributed by atoms with Crippen LogP contribution in [0.4, 0.5) is 8.78 Å². The molecule has 0 bridgehead atoms. The summed E-state index contributed by atoms with van der Waals surface area (Å²) in [6.45, 7) is 9.53. The van der Waals surface area contributed by atoms with Crippen molar-refractivity contribution in [2.24, 2.45) is 5.73 Å².